The minimum Gasteiger partial charge on any atom is -0.317 e. The molecule has 1 aromatic rings. The first-order valence-corrected chi connectivity index (χ1v) is 9.39. The highest BCUT2D eigenvalue weighted by molar-refractivity contribution is 7.89. The summed E-state index contributed by atoms with van der Waals surface area (Å²) < 4.78 is 28.0. The predicted molar refractivity (Wildman–Crippen MR) is 98.2 cm³/mol. The van der Waals surface area contributed by atoms with E-state index in [0.717, 1.165) is 48.2 Å². The highest BCUT2D eigenvalue weighted by atomic mass is 35.5. The summed E-state index contributed by atoms with van der Waals surface area (Å²) in [5, 5.41) is 3.29. The van der Waals surface area contributed by atoms with Crippen molar-refractivity contribution in [3.8, 4) is 0 Å². The lowest BCUT2D eigenvalue weighted by Crippen LogP contribution is -2.44. The maximum atomic E-state index is 13.2. The second-order valence-electron chi connectivity index (χ2n) is 6.46. The first-order valence-electron chi connectivity index (χ1n) is 7.95. The minimum absolute atomic E-state index is 0. The van der Waals surface area contributed by atoms with Gasteiger partial charge in [-0.15, -0.1) is 12.4 Å². The van der Waals surface area contributed by atoms with Crippen LogP contribution < -0.4 is 5.32 Å². The first kappa shape index (κ1) is 20.4. The SMILES string of the molecule is Cc1c(C)c(C)c(S(=O)(=O)N(C)C2CCNCC2)c(C)c1C.Cl. The fourth-order valence-corrected chi connectivity index (χ4v) is 5.33. The molecule has 1 aliphatic rings. The molecule has 23 heavy (non-hydrogen) atoms. The molecule has 0 spiro atoms. The van der Waals surface area contributed by atoms with E-state index < -0.39 is 10.0 Å². The van der Waals surface area contributed by atoms with Gasteiger partial charge in [0.25, 0.3) is 0 Å². The predicted octanol–water partition coefficient (Wildman–Crippen LogP) is 3.02. The van der Waals surface area contributed by atoms with Crippen LogP contribution in [0.2, 0.25) is 0 Å². The summed E-state index contributed by atoms with van der Waals surface area (Å²) in [7, 11) is -1.73. The van der Waals surface area contributed by atoms with Gasteiger partial charge in [0.2, 0.25) is 10.0 Å². The molecule has 0 aromatic heterocycles. The number of hydrogen-bond donors (Lipinski definition) is 1. The zero-order valence-corrected chi connectivity index (χ0v) is 16.6. The van der Waals surface area contributed by atoms with E-state index in [9.17, 15) is 8.42 Å². The van der Waals surface area contributed by atoms with Crippen LogP contribution in [0.1, 0.15) is 40.7 Å². The van der Waals surface area contributed by atoms with E-state index in [4.69, 9.17) is 0 Å². The van der Waals surface area contributed by atoms with Crippen molar-refractivity contribution in [2.24, 2.45) is 0 Å². The molecular formula is C17H29ClN2O2S. The van der Waals surface area contributed by atoms with Crippen LogP contribution in [-0.2, 0) is 10.0 Å². The fraction of sp³-hybridized carbons (Fsp3) is 0.647. The second kappa shape index (κ2) is 7.51. The Morgan fingerprint density at radius 2 is 1.26 bits per heavy atom. The minimum atomic E-state index is -3.46. The molecule has 132 valence electrons. The van der Waals surface area contributed by atoms with Gasteiger partial charge in [-0.3, -0.25) is 0 Å². The molecule has 0 bridgehead atoms. The molecule has 1 heterocycles. The molecule has 0 aliphatic carbocycles. The highest BCUT2D eigenvalue weighted by Gasteiger charge is 2.32. The number of rotatable bonds is 3. The molecule has 0 atom stereocenters. The van der Waals surface area contributed by atoms with Crippen LogP contribution in [0.5, 0.6) is 0 Å². The first-order chi connectivity index (χ1) is 10.2. The number of nitrogens with one attached hydrogen (secondary N) is 1. The summed E-state index contributed by atoms with van der Waals surface area (Å²) in [6, 6.07) is 0.0898. The Hall–Kier alpha value is -0.620. The average molecular weight is 361 g/mol. The molecule has 1 fully saturated rings. The van der Waals surface area contributed by atoms with Gasteiger partial charge in [0.05, 0.1) is 4.90 Å². The molecule has 1 aliphatic heterocycles. The van der Waals surface area contributed by atoms with Crippen molar-refractivity contribution in [2.45, 2.75) is 58.4 Å². The van der Waals surface area contributed by atoms with Crippen LogP contribution in [0.4, 0.5) is 0 Å². The van der Waals surface area contributed by atoms with Crippen LogP contribution in [-0.4, -0.2) is 38.9 Å². The van der Waals surface area contributed by atoms with E-state index in [0.29, 0.717) is 4.90 Å². The quantitative estimate of drug-likeness (QED) is 0.901. The largest absolute Gasteiger partial charge is 0.317 e. The summed E-state index contributed by atoms with van der Waals surface area (Å²) in [4.78, 5) is 0.508. The Balaban J connectivity index is 0.00000264. The van der Waals surface area contributed by atoms with E-state index in [2.05, 4.69) is 12.2 Å². The lowest BCUT2D eigenvalue weighted by molar-refractivity contribution is 0.296. The zero-order chi connectivity index (χ0) is 16.7. The lowest BCUT2D eigenvalue weighted by atomic mass is 9.95. The Morgan fingerprint density at radius 1 is 0.870 bits per heavy atom. The van der Waals surface area contributed by atoms with Gasteiger partial charge in [-0.1, -0.05) is 0 Å². The Bertz CT molecular complexity index is 651. The molecular weight excluding hydrogens is 332 g/mol. The van der Waals surface area contributed by atoms with Gasteiger partial charge in [0.1, 0.15) is 0 Å². The number of piperidine rings is 1. The number of halogens is 1. The van der Waals surface area contributed by atoms with E-state index >= 15 is 0 Å². The van der Waals surface area contributed by atoms with Crippen molar-refractivity contribution in [2.75, 3.05) is 20.1 Å². The number of benzene rings is 1. The molecule has 1 aromatic carbocycles. The maximum Gasteiger partial charge on any atom is 0.243 e. The molecule has 0 unspecified atom stereocenters. The van der Waals surface area contributed by atoms with E-state index in [1.165, 1.54) is 5.56 Å². The van der Waals surface area contributed by atoms with Crippen LogP contribution in [0.15, 0.2) is 4.90 Å². The molecule has 4 nitrogen and oxygen atoms in total. The van der Waals surface area contributed by atoms with E-state index in [1.54, 1.807) is 11.4 Å². The molecule has 1 N–H and O–H groups in total. The molecule has 0 saturated carbocycles. The van der Waals surface area contributed by atoms with Gasteiger partial charge in [0.15, 0.2) is 0 Å². The molecule has 2 rings (SSSR count). The van der Waals surface area contributed by atoms with Gasteiger partial charge in [-0.05, 0) is 88.4 Å². The van der Waals surface area contributed by atoms with Crippen molar-refractivity contribution < 1.29 is 8.42 Å². The second-order valence-corrected chi connectivity index (χ2v) is 8.39. The highest BCUT2D eigenvalue weighted by Crippen LogP contribution is 2.32. The summed E-state index contributed by atoms with van der Waals surface area (Å²) >= 11 is 0. The third-order valence-electron chi connectivity index (χ3n) is 5.39. The topological polar surface area (TPSA) is 49.4 Å². The van der Waals surface area contributed by atoms with Gasteiger partial charge < -0.3 is 5.32 Å². The summed E-state index contributed by atoms with van der Waals surface area (Å²) in [5.74, 6) is 0. The molecule has 0 amide bonds. The monoisotopic (exact) mass is 360 g/mol. The smallest absolute Gasteiger partial charge is 0.243 e. The Labute approximate surface area is 147 Å². The third-order valence-corrected chi connectivity index (χ3v) is 7.58. The lowest BCUT2D eigenvalue weighted by Gasteiger charge is -2.32. The van der Waals surface area contributed by atoms with Crippen LogP contribution in [0, 0.1) is 34.6 Å². The van der Waals surface area contributed by atoms with E-state index in [1.807, 2.05) is 27.7 Å². The third kappa shape index (κ3) is 3.58. The van der Waals surface area contributed by atoms with Crippen molar-refractivity contribution in [3.05, 3.63) is 27.8 Å². The van der Waals surface area contributed by atoms with Crippen molar-refractivity contribution in [1.82, 2.24) is 9.62 Å². The maximum absolute atomic E-state index is 13.2. The van der Waals surface area contributed by atoms with E-state index in [-0.39, 0.29) is 18.4 Å². The summed E-state index contributed by atoms with van der Waals surface area (Å²) in [5.41, 5.74) is 5.14. The van der Waals surface area contributed by atoms with Crippen molar-refractivity contribution in [3.63, 3.8) is 0 Å². The van der Waals surface area contributed by atoms with Crippen LogP contribution in [0.3, 0.4) is 0 Å². The van der Waals surface area contributed by atoms with Crippen molar-refractivity contribution >= 4 is 22.4 Å². The standard InChI is InChI=1S/C17H28N2O2S.ClH/c1-11-12(2)14(4)17(15(5)13(11)3)22(20,21)19(6)16-7-9-18-10-8-16;/h16,18H,7-10H2,1-6H3;1H. The number of sulfonamides is 1. The molecule has 6 heteroatoms. The Kier molecular flexibility index (Phi) is 6.67. The Morgan fingerprint density at radius 3 is 1.70 bits per heavy atom. The number of hydrogen-bond acceptors (Lipinski definition) is 3. The fourth-order valence-electron chi connectivity index (χ4n) is 3.36. The van der Waals surface area contributed by atoms with Crippen LogP contribution in [0.25, 0.3) is 0 Å². The van der Waals surface area contributed by atoms with Crippen LogP contribution >= 0.6 is 12.4 Å². The molecule has 0 radical (unpaired) electrons. The van der Waals surface area contributed by atoms with Gasteiger partial charge >= 0.3 is 0 Å². The van der Waals surface area contributed by atoms with Gasteiger partial charge in [0, 0.05) is 13.1 Å². The van der Waals surface area contributed by atoms with Gasteiger partial charge in [-0.2, -0.15) is 4.31 Å². The summed E-state index contributed by atoms with van der Waals surface area (Å²) in [6.07, 6.45) is 1.75. The number of nitrogens with zero attached hydrogens (tertiary/aromatic N) is 1. The summed E-state index contributed by atoms with van der Waals surface area (Å²) in [6.45, 7) is 11.7. The normalized spacial score (nSPS) is 16.5. The zero-order valence-electron chi connectivity index (χ0n) is 15.0. The molecule has 1 saturated heterocycles. The average Bonchev–Trinajstić information content (AvgIpc) is 2.51. The van der Waals surface area contributed by atoms with Gasteiger partial charge in [-0.25, -0.2) is 8.42 Å². The van der Waals surface area contributed by atoms with Crippen molar-refractivity contribution in [1.29, 1.82) is 0 Å².